The van der Waals surface area contributed by atoms with E-state index < -0.39 is 6.10 Å². The molecule has 1 aromatic heterocycles. The molecule has 0 aliphatic rings. The Labute approximate surface area is 124 Å². The van der Waals surface area contributed by atoms with Crippen LogP contribution in [-0.2, 0) is 13.0 Å². The second-order valence-electron chi connectivity index (χ2n) is 5.38. The number of aromatic nitrogens is 2. The number of hydrogen-bond acceptors (Lipinski definition) is 2. The van der Waals surface area contributed by atoms with Crippen LogP contribution in [0.1, 0.15) is 30.6 Å². The van der Waals surface area contributed by atoms with E-state index in [0.29, 0.717) is 6.54 Å². The zero-order chi connectivity index (χ0) is 14.7. The summed E-state index contributed by atoms with van der Waals surface area (Å²) in [5, 5.41) is 13.0. The molecule has 0 bridgehead atoms. The highest BCUT2D eigenvalue weighted by Crippen LogP contribution is 2.28. The third-order valence-corrected chi connectivity index (χ3v) is 3.87. The van der Waals surface area contributed by atoms with E-state index >= 15 is 0 Å². The highest BCUT2D eigenvalue weighted by atomic mass is 16.3. The molecule has 0 saturated carbocycles. The van der Waals surface area contributed by atoms with Crippen LogP contribution in [0.3, 0.4) is 0 Å². The Hall–Kier alpha value is -2.13. The molecular weight excluding hydrogens is 260 g/mol. The molecule has 0 fully saturated rings. The van der Waals surface area contributed by atoms with Gasteiger partial charge < -0.3 is 9.67 Å². The number of aryl methyl sites for hydroxylation is 1. The Balaban J connectivity index is 2.00. The summed E-state index contributed by atoms with van der Waals surface area (Å²) >= 11 is 0. The first-order valence-electron chi connectivity index (χ1n) is 7.44. The number of rotatable bonds is 5. The van der Waals surface area contributed by atoms with Crippen LogP contribution in [0.5, 0.6) is 0 Å². The van der Waals surface area contributed by atoms with E-state index in [2.05, 4.69) is 42.2 Å². The van der Waals surface area contributed by atoms with E-state index in [1.54, 1.807) is 12.5 Å². The highest BCUT2D eigenvalue weighted by Gasteiger charge is 2.13. The molecule has 0 spiro atoms. The number of hydrogen-bond donors (Lipinski definition) is 1. The quantitative estimate of drug-likeness (QED) is 0.773. The number of benzene rings is 2. The highest BCUT2D eigenvalue weighted by molar-refractivity contribution is 5.89. The van der Waals surface area contributed by atoms with Crippen molar-refractivity contribution in [3.8, 4) is 0 Å². The average molecular weight is 280 g/mol. The minimum Gasteiger partial charge on any atom is -0.387 e. The van der Waals surface area contributed by atoms with Crippen molar-refractivity contribution < 1.29 is 5.11 Å². The number of fused-ring (bicyclic) bond motifs is 1. The number of imidazole rings is 1. The van der Waals surface area contributed by atoms with Crippen molar-refractivity contribution in [1.82, 2.24) is 9.55 Å². The lowest BCUT2D eigenvalue weighted by molar-refractivity contribution is 0.158. The fourth-order valence-electron chi connectivity index (χ4n) is 2.86. The van der Waals surface area contributed by atoms with Gasteiger partial charge in [-0.2, -0.15) is 0 Å². The fourth-order valence-corrected chi connectivity index (χ4v) is 2.86. The molecule has 1 N–H and O–H groups in total. The monoisotopic (exact) mass is 280 g/mol. The van der Waals surface area contributed by atoms with Crippen LogP contribution in [0.25, 0.3) is 10.8 Å². The van der Waals surface area contributed by atoms with Gasteiger partial charge >= 0.3 is 0 Å². The maximum Gasteiger partial charge on any atom is 0.0975 e. The summed E-state index contributed by atoms with van der Waals surface area (Å²) in [4.78, 5) is 4.02. The Kier molecular flexibility index (Phi) is 4.02. The van der Waals surface area contributed by atoms with E-state index in [1.165, 1.54) is 10.9 Å². The van der Waals surface area contributed by atoms with Crippen LogP contribution < -0.4 is 0 Å². The lowest BCUT2D eigenvalue weighted by atomic mass is 9.94. The minimum atomic E-state index is -0.528. The van der Waals surface area contributed by atoms with Gasteiger partial charge in [-0.15, -0.1) is 0 Å². The van der Waals surface area contributed by atoms with Crippen molar-refractivity contribution in [3.63, 3.8) is 0 Å². The Bertz CT molecular complexity index is 719. The van der Waals surface area contributed by atoms with Gasteiger partial charge in [-0.3, -0.25) is 0 Å². The van der Waals surface area contributed by atoms with Crippen LogP contribution in [0.4, 0.5) is 0 Å². The summed E-state index contributed by atoms with van der Waals surface area (Å²) in [5.74, 6) is 0. The van der Waals surface area contributed by atoms with Gasteiger partial charge in [-0.25, -0.2) is 4.98 Å². The molecule has 0 saturated heterocycles. The van der Waals surface area contributed by atoms with Crippen molar-refractivity contribution in [1.29, 1.82) is 0 Å². The van der Waals surface area contributed by atoms with Gasteiger partial charge in [0.1, 0.15) is 0 Å². The van der Waals surface area contributed by atoms with Crippen molar-refractivity contribution in [2.24, 2.45) is 0 Å². The Morgan fingerprint density at radius 3 is 2.67 bits per heavy atom. The Morgan fingerprint density at radius 2 is 1.95 bits per heavy atom. The molecule has 3 rings (SSSR count). The molecule has 2 aromatic carbocycles. The molecule has 108 valence electrons. The molecule has 1 unspecified atom stereocenters. The minimum absolute atomic E-state index is 0.525. The molecule has 3 nitrogen and oxygen atoms in total. The average Bonchev–Trinajstić information content (AvgIpc) is 3.00. The van der Waals surface area contributed by atoms with Crippen LogP contribution in [0, 0.1) is 0 Å². The number of aliphatic hydroxyl groups excluding tert-OH is 1. The van der Waals surface area contributed by atoms with E-state index in [-0.39, 0.29) is 0 Å². The van der Waals surface area contributed by atoms with E-state index in [0.717, 1.165) is 23.8 Å². The summed E-state index contributed by atoms with van der Waals surface area (Å²) in [5.41, 5.74) is 2.34. The van der Waals surface area contributed by atoms with Gasteiger partial charge in [0.05, 0.1) is 19.0 Å². The van der Waals surface area contributed by atoms with Crippen LogP contribution in [-0.4, -0.2) is 14.7 Å². The van der Waals surface area contributed by atoms with Gasteiger partial charge in [0.15, 0.2) is 0 Å². The second-order valence-corrected chi connectivity index (χ2v) is 5.38. The van der Waals surface area contributed by atoms with Crippen molar-refractivity contribution in [2.45, 2.75) is 32.4 Å². The predicted molar refractivity (Wildman–Crippen MR) is 85.1 cm³/mol. The standard InChI is InChI=1S/C18H20N2O/c1-2-5-14-8-9-17(16-7-4-3-6-15(14)16)18(21)12-20-11-10-19-13-20/h3-4,6-11,13,18,21H,2,5,12H2,1H3. The van der Waals surface area contributed by atoms with Gasteiger partial charge in [0.2, 0.25) is 0 Å². The molecule has 21 heavy (non-hydrogen) atoms. The van der Waals surface area contributed by atoms with E-state index in [4.69, 9.17) is 0 Å². The number of nitrogens with zero attached hydrogens (tertiary/aromatic N) is 2. The predicted octanol–water partition coefficient (Wildman–Crippen LogP) is 3.72. The fraction of sp³-hybridized carbons (Fsp3) is 0.278. The third-order valence-electron chi connectivity index (χ3n) is 3.87. The van der Waals surface area contributed by atoms with Gasteiger partial charge in [0, 0.05) is 12.4 Å². The zero-order valence-corrected chi connectivity index (χ0v) is 12.2. The van der Waals surface area contributed by atoms with Crippen LogP contribution in [0.2, 0.25) is 0 Å². The molecule has 0 aliphatic heterocycles. The van der Waals surface area contributed by atoms with E-state index in [9.17, 15) is 5.11 Å². The molecule has 1 atom stereocenters. The Morgan fingerprint density at radius 1 is 1.14 bits per heavy atom. The van der Waals surface area contributed by atoms with Crippen LogP contribution >= 0.6 is 0 Å². The molecule has 0 aliphatic carbocycles. The van der Waals surface area contributed by atoms with Gasteiger partial charge in [-0.05, 0) is 28.3 Å². The summed E-state index contributed by atoms with van der Waals surface area (Å²) in [6.07, 6.45) is 7.00. The second kappa shape index (κ2) is 6.10. The van der Waals surface area contributed by atoms with Gasteiger partial charge in [-0.1, -0.05) is 49.7 Å². The largest absolute Gasteiger partial charge is 0.387 e. The lowest BCUT2D eigenvalue weighted by Gasteiger charge is -2.16. The van der Waals surface area contributed by atoms with E-state index in [1.807, 2.05) is 16.8 Å². The zero-order valence-electron chi connectivity index (χ0n) is 12.2. The molecule has 1 heterocycles. The third kappa shape index (κ3) is 2.83. The molecular formula is C18H20N2O. The SMILES string of the molecule is CCCc1ccc(C(O)Cn2ccnc2)c2ccccc12. The lowest BCUT2D eigenvalue weighted by Crippen LogP contribution is -2.08. The van der Waals surface area contributed by atoms with Gasteiger partial charge in [0.25, 0.3) is 0 Å². The van der Waals surface area contributed by atoms with Crippen molar-refractivity contribution in [2.75, 3.05) is 0 Å². The van der Waals surface area contributed by atoms with Crippen molar-refractivity contribution >= 4 is 10.8 Å². The van der Waals surface area contributed by atoms with Crippen LogP contribution in [0.15, 0.2) is 55.1 Å². The maximum absolute atomic E-state index is 10.6. The first-order chi connectivity index (χ1) is 10.3. The summed E-state index contributed by atoms with van der Waals surface area (Å²) in [6, 6.07) is 12.6. The molecule has 3 aromatic rings. The normalized spacial score (nSPS) is 12.7. The first-order valence-corrected chi connectivity index (χ1v) is 7.44. The number of aliphatic hydroxyl groups is 1. The summed E-state index contributed by atoms with van der Waals surface area (Å²) in [6.45, 7) is 2.72. The first kappa shape index (κ1) is 13.8. The molecule has 3 heteroatoms. The molecule has 0 radical (unpaired) electrons. The topological polar surface area (TPSA) is 38.0 Å². The summed E-state index contributed by atoms with van der Waals surface area (Å²) in [7, 11) is 0. The molecule has 0 amide bonds. The smallest absolute Gasteiger partial charge is 0.0975 e. The van der Waals surface area contributed by atoms with Crippen molar-refractivity contribution in [3.05, 3.63) is 66.2 Å². The maximum atomic E-state index is 10.6. The summed E-state index contributed by atoms with van der Waals surface area (Å²) < 4.78 is 1.90.